The van der Waals surface area contributed by atoms with E-state index in [4.69, 9.17) is 9.84 Å². The van der Waals surface area contributed by atoms with Gasteiger partial charge in [0.2, 0.25) is 0 Å². The fraction of sp³-hybridized carbons (Fsp3) is 0.160. The van der Waals surface area contributed by atoms with Gasteiger partial charge < -0.3 is 15.2 Å². The van der Waals surface area contributed by atoms with Gasteiger partial charge in [0.25, 0.3) is 5.91 Å². The number of hydrogen-bond donors (Lipinski definition) is 3. The maximum absolute atomic E-state index is 14.4. The lowest BCUT2D eigenvalue weighted by molar-refractivity contribution is -0.138. The van der Waals surface area contributed by atoms with Crippen molar-refractivity contribution in [3.63, 3.8) is 0 Å². The average Bonchev–Trinajstić information content (AvgIpc) is 3.12. The van der Waals surface area contributed by atoms with E-state index in [0.29, 0.717) is 0 Å². The van der Waals surface area contributed by atoms with Gasteiger partial charge in [0.05, 0.1) is 5.69 Å². The van der Waals surface area contributed by atoms with Gasteiger partial charge in [-0.25, -0.2) is 9.18 Å². The third kappa shape index (κ3) is 4.55. The van der Waals surface area contributed by atoms with Crippen LogP contribution < -0.4 is 10.6 Å². The molecule has 1 aliphatic carbocycles. The Morgan fingerprint density at radius 3 is 2.18 bits per heavy atom. The van der Waals surface area contributed by atoms with E-state index < -0.39 is 29.8 Å². The Kier molecular flexibility index (Phi) is 6.08. The molecule has 0 radical (unpaired) electrons. The van der Waals surface area contributed by atoms with Crippen LogP contribution in [0.2, 0.25) is 0 Å². The van der Waals surface area contributed by atoms with Crippen molar-refractivity contribution in [3.05, 3.63) is 89.2 Å². The van der Waals surface area contributed by atoms with Crippen LogP contribution in [0.4, 0.5) is 14.9 Å². The van der Waals surface area contributed by atoms with Crippen molar-refractivity contribution in [1.29, 1.82) is 0 Å². The molecule has 0 spiro atoms. The van der Waals surface area contributed by atoms with E-state index in [1.54, 1.807) is 0 Å². The molecule has 168 valence electrons. The molecular weight excluding hydrogens is 427 g/mol. The first-order chi connectivity index (χ1) is 15.8. The van der Waals surface area contributed by atoms with Crippen LogP contribution in [-0.2, 0) is 9.53 Å². The van der Waals surface area contributed by atoms with Gasteiger partial charge in [0.1, 0.15) is 18.5 Å². The lowest BCUT2D eigenvalue weighted by Crippen LogP contribution is -2.38. The van der Waals surface area contributed by atoms with Gasteiger partial charge in [-0.1, -0.05) is 48.5 Å². The normalized spacial score (nSPS) is 12.9. The van der Waals surface area contributed by atoms with Gasteiger partial charge in [-0.05, 0) is 47.4 Å². The largest absolute Gasteiger partial charge is 0.480 e. The SMILES string of the molecule is C[C@H](NC(=O)c1ccc(NC(=O)OCC2c3ccccc3-c3ccccc32)c(F)c1)C(=O)O. The summed E-state index contributed by atoms with van der Waals surface area (Å²) in [7, 11) is 0. The van der Waals surface area contributed by atoms with Crippen LogP contribution in [0, 0.1) is 5.82 Å². The highest BCUT2D eigenvalue weighted by molar-refractivity contribution is 5.97. The molecule has 2 amide bonds. The fourth-order valence-corrected chi connectivity index (χ4v) is 3.84. The summed E-state index contributed by atoms with van der Waals surface area (Å²) in [5, 5.41) is 13.4. The van der Waals surface area contributed by atoms with Gasteiger partial charge in [-0.3, -0.25) is 14.9 Å². The molecule has 8 heteroatoms. The molecule has 0 aromatic heterocycles. The van der Waals surface area contributed by atoms with Gasteiger partial charge >= 0.3 is 12.1 Å². The van der Waals surface area contributed by atoms with Gasteiger partial charge in [-0.15, -0.1) is 0 Å². The predicted octanol–water partition coefficient (Wildman–Crippen LogP) is 4.39. The lowest BCUT2D eigenvalue weighted by atomic mass is 9.98. The Labute approximate surface area is 189 Å². The van der Waals surface area contributed by atoms with Gasteiger partial charge in [-0.2, -0.15) is 0 Å². The number of carbonyl (C=O) groups excluding carboxylic acids is 2. The first-order valence-electron chi connectivity index (χ1n) is 10.3. The Bertz CT molecular complexity index is 1200. The molecule has 3 N–H and O–H groups in total. The van der Waals surface area contributed by atoms with Crippen LogP contribution in [0.1, 0.15) is 34.3 Å². The monoisotopic (exact) mass is 448 g/mol. The number of benzene rings is 3. The predicted molar refractivity (Wildman–Crippen MR) is 120 cm³/mol. The maximum Gasteiger partial charge on any atom is 0.411 e. The first kappa shape index (κ1) is 22.0. The number of halogens is 1. The second kappa shape index (κ2) is 9.12. The minimum Gasteiger partial charge on any atom is -0.480 e. The van der Waals surface area contributed by atoms with Crippen molar-refractivity contribution in [1.82, 2.24) is 5.32 Å². The van der Waals surface area contributed by atoms with E-state index in [0.717, 1.165) is 28.3 Å². The molecule has 3 aromatic rings. The maximum atomic E-state index is 14.4. The summed E-state index contributed by atoms with van der Waals surface area (Å²) in [5.74, 6) is -2.93. The Morgan fingerprint density at radius 1 is 1.00 bits per heavy atom. The number of ether oxygens (including phenoxy) is 1. The molecule has 33 heavy (non-hydrogen) atoms. The summed E-state index contributed by atoms with van der Waals surface area (Å²) < 4.78 is 19.8. The fourth-order valence-electron chi connectivity index (χ4n) is 3.84. The minimum absolute atomic E-state index is 0.0707. The van der Waals surface area contributed by atoms with Crippen LogP contribution in [0.3, 0.4) is 0 Å². The molecule has 1 aliphatic rings. The van der Waals surface area contributed by atoms with E-state index in [9.17, 15) is 18.8 Å². The van der Waals surface area contributed by atoms with E-state index in [2.05, 4.69) is 10.6 Å². The van der Waals surface area contributed by atoms with Crippen molar-refractivity contribution in [2.75, 3.05) is 11.9 Å². The molecule has 4 rings (SSSR count). The molecular formula is C25H21FN2O5. The number of carbonyl (C=O) groups is 3. The van der Waals surface area contributed by atoms with E-state index in [-0.39, 0.29) is 23.8 Å². The standard InChI is InChI=1S/C25H21FN2O5/c1-14(24(30)31)27-23(29)15-10-11-22(21(26)12-15)28-25(32)33-13-20-18-8-4-2-6-16(18)17-7-3-5-9-19(17)20/h2-12,14,20H,13H2,1H3,(H,27,29)(H,28,32)(H,30,31)/t14-/m0/s1. The number of fused-ring (bicyclic) bond motifs is 3. The topological polar surface area (TPSA) is 105 Å². The molecule has 0 heterocycles. The second-order valence-corrected chi connectivity index (χ2v) is 7.68. The Hall–Kier alpha value is -4.20. The lowest BCUT2D eigenvalue weighted by Gasteiger charge is -2.15. The Morgan fingerprint density at radius 2 is 1.61 bits per heavy atom. The molecule has 3 aromatic carbocycles. The van der Waals surface area contributed by atoms with Gasteiger partial charge in [0, 0.05) is 11.5 Å². The van der Waals surface area contributed by atoms with Crippen molar-refractivity contribution in [3.8, 4) is 11.1 Å². The van der Waals surface area contributed by atoms with Crippen LogP contribution in [0.25, 0.3) is 11.1 Å². The highest BCUT2D eigenvalue weighted by Crippen LogP contribution is 2.44. The number of nitrogens with one attached hydrogen (secondary N) is 2. The molecule has 0 aliphatic heterocycles. The van der Waals surface area contributed by atoms with Gasteiger partial charge in [0.15, 0.2) is 0 Å². The zero-order chi connectivity index (χ0) is 23.5. The highest BCUT2D eigenvalue weighted by Gasteiger charge is 2.29. The summed E-state index contributed by atoms with van der Waals surface area (Å²) >= 11 is 0. The van der Waals surface area contributed by atoms with Crippen LogP contribution in [-0.4, -0.2) is 35.7 Å². The van der Waals surface area contributed by atoms with E-state index in [1.807, 2.05) is 48.5 Å². The van der Waals surface area contributed by atoms with Crippen LogP contribution in [0.5, 0.6) is 0 Å². The number of carboxylic acids is 1. The summed E-state index contributed by atoms with van der Waals surface area (Å²) in [5.41, 5.74) is 4.08. The summed E-state index contributed by atoms with van der Waals surface area (Å²) in [6.45, 7) is 1.37. The minimum atomic E-state index is -1.21. The summed E-state index contributed by atoms with van der Waals surface area (Å²) in [4.78, 5) is 35.2. The summed E-state index contributed by atoms with van der Waals surface area (Å²) in [6, 6.07) is 18.1. The molecule has 0 saturated heterocycles. The van der Waals surface area contributed by atoms with E-state index in [1.165, 1.54) is 19.1 Å². The number of aliphatic carboxylic acids is 1. The smallest absolute Gasteiger partial charge is 0.411 e. The van der Waals surface area contributed by atoms with Crippen molar-refractivity contribution in [2.24, 2.45) is 0 Å². The third-order valence-electron chi connectivity index (χ3n) is 5.53. The highest BCUT2D eigenvalue weighted by atomic mass is 19.1. The zero-order valence-electron chi connectivity index (χ0n) is 17.7. The van der Waals surface area contributed by atoms with E-state index >= 15 is 0 Å². The van der Waals surface area contributed by atoms with Crippen molar-refractivity contribution < 1.29 is 28.6 Å². The third-order valence-corrected chi connectivity index (χ3v) is 5.53. The number of hydrogen-bond acceptors (Lipinski definition) is 4. The molecule has 1 atom stereocenters. The molecule has 0 fully saturated rings. The summed E-state index contributed by atoms with van der Waals surface area (Å²) in [6.07, 6.45) is -0.826. The Balaban J connectivity index is 1.41. The van der Waals surface area contributed by atoms with Crippen molar-refractivity contribution in [2.45, 2.75) is 18.9 Å². The first-order valence-corrected chi connectivity index (χ1v) is 10.3. The average molecular weight is 448 g/mol. The number of amides is 2. The molecule has 7 nitrogen and oxygen atoms in total. The number of carboxylic acid groups (broad SMARTS) is 1. The molecule has 0 unspecified atom stereocenters. The number of anilines is 1. The number of rotatable bonds is 6. The zero-order valence-corrected chi connectivity index (χ0v) is 17.7. The molecule has 0 saturated carbocycles. The van der Waals surface area contributed by atoms with Crippen molar-refractivity contribution >= 4 is 23.7 Å². The quantitative estimate of drug-likeness (QED) is 0.519. The van der Waals surface area contributed by atoms with Crippen LogP contribution >= 0.6 is 0 Å². The molecule has 0 bridgehead atoms. The second-order valence-electron chi connectivity index (χ2n) is 7.68. The van der Waals surface area contributed by atoms with Crippen LogP contribution in [0.15, 0.2) is 66.7 Å².